The molecule has 6 heteroatoms. The fourth-order valence-electron chi connectivity index (χ4n) is 1.69. The van der Waals surface area contributed by atoms with Gasteiger partial charge in [-0.05, 0) is 30.2 Å². The van der Waals surface area contributed by atoms with Gasteiger partial charge in [-0.1, -0.05) is 35.1 Å². The number of nitrogens with zero attached hydrogens (tertiary/aromatic N) is 1. The zero-order valence-electron chi connectivity index (χ0n) is 10.3. The number of benzene rings is 1. The summed E-state index contributed by atoms with van der Waals surface area (Å²) in [7, 11) is 0. The Morgan fingerprint density at radius 3 is 2.68 bits per heavy atom. The smallest absolute Gasteiger partial charge is 0.306 e. The fourth-order valence-corrected chi connectivity index (χ4v) is 2.55. The number of rotatable bonds is 5. The van der Waals surface area contributed by atoms with E-state index in [0.717, 1.165) is 22.5 Å². The van der Waals surface area contributed by atoms with Gasteiger partial charge >= 0.3 is 5.00 Å². The second kappa shape index (κ2) is 6.14. The molecule has 0 aliphatic carbocycles. The molecule has 0 amide bonds. The molecule has 0 fully saturated rings. The highest BCUT2D eigenvalue weighted by Crippen LogP contribution is 2.23. The summed E-state index contributed by atoms with van der Waals surface area (Å²) in [5.41, 5.74) is 2.06. The van der Waals surface area contributed by atoms with E-state index >= 15 is 0 Å². The van der Waals surface area contributed by atoms with Crippen LogP contribution >= 0.6 is 22.9 Å². The molecule has 0 aliphatic heterocycles. The Kier molecular flexibility index (Phi) is 4.52. The van der Waals surface area contributed by atoms with Crippen LogP contribution in [0.2, 0.25) is 5.02 Å². The highest BCUT2D eigenvalue weighted by molar-refractivity contribution is 7.13. The van der Waals surface area contributed by atoms with Gasteiger partial charge in [-0.25, -0.2) is 0 Å². The molecule has 0 aliphatic rings. The van der Waals surface area contributed by atoms with Crippen molar-refractivity contribution in [2.45, 2.75) is 19.5 Å². The van der Waals surface area contributed by atoms with Gasteiger partial charge in [0.15, 0.2) is 0 Å². The minimum absolute atomic E-state index is 0.163. The Bertz CT molecular complexity index is 568. The van der Waals surface area contributed by atoms with E-state index in [1.165, 1.54) is 0 Å². The molecule has 0 radical (unpaired) electrons. The van der Waals surface area contributed by atoms with Crippen molar-refractivity contribution in [2.75, 3.05) is 0 Å². The number of nitrogens with one attached hydrogen (secondary N) is 1. The molecule has 2 rings (SSSR count). The number of halogens is 1. The van der Waals surface area contributed by atoms with Gasteiger partial charge in [0, 0.05) is 29.1 Å². The first kappa shape index (κ1) is 14.0. The average Bonchev–Trinajstić information content (AvgIpc) is 2.86. The van der Waals surface area contributed by atoms with Crippen molar-refractivity contribution in [1.82, 2.24) is 5.32 Å². The summed E-state index contributed by atoms with van der Waals surface area (Å²) in [4.78, 5) is 10.2. The zero-order valence-corrected chi connectivity index (χ0v) is 11.9. The van der Waals surface area contributed by atoms with Gasteiger partial charge in [0.2, 0.25) is 0 Å². The molecule has 1 aromatic carbocycles. The van der Waals surface area contributed by atoms with Crippen molar-refractivity contribution in [3.05, 3.63) is 62.0 Å². The van der Waals surface area contributed by atoms with Crippen LogP contribution in [0.25, 0.3) is 0 Å². The van der Waals surface area contributed by atoms with Gasteiger partial charge < -0.3 is 5.32 Å². The van der Waals surface area contributed by atoms with Crippen LogP contribution in [0.1, 0.15) is 24.1 Å². The zero-order chi connectivity index (χ0) is 13.8. The summed E-state index contributed by atoms with van der Waals surface area (Å²) in [6.07, 6.45) is 0. The first-order valence-corrected chi connectivity index (χ1v) is 7.02. The second-order valence-corrected chi connectivity index (χ2v) is 5.53. The van der Waals surface area contributed by atoms with Crippen LogP contribution in [0.15, 0.2) is 35.7 Å². The van der Waals surface area contributed by atoms with Crippen LogP contribution in [0.4, 0.5) is 5.00 Å². The first-order chi connectivity index (χ1) is 9.06. The molecule has 2 aromatic rings. The van der Waals surface area contributed by atoms with Gasteiger partial charge in [0.25, 0.3) is 0 Å². The Balaban J connectivity index is 1.94. The Morgan fingerprint density at radius 1 is 1.42 bits per heavy atom. The molecule has 0 saturated carbocycles. The lowest BCUT2D eigenvalue weighted by Crippen LogP contribution is -2.17. The standard InChI is InChI=1S/C13H13ClN2O2S/c1-9(11-2-4-12(14)5-3-11)15-7-10-6-13(16(17)18)19-8-10/h2-6,8-9,15H,7H2,1H3/t9-/m0/s1. The largest absolute Gasteiger partial charge is 0.324 e. The SMILES string of the molecule is C[C@H](NCc1csc([N+](=O)[O-])c1)c1ccc(Cl)cc1. The van der Waals surface area contributed by atoms with E-state index in [4.69, 9.17) is 11.6 Å². The van der Waals surface area contributed by atoms with Gasteiger partial charge in [-0.2, -0.15) is 0 Å². The van der Waals surface area contributed by atoms with Crippen molar-refractivity contribution >= 4 is 27.9 Å². The normalized spacial score (nSPS) is 12.3. The quantitative estimate of drug-likeness (QED) is 0.666. The Morgan fingerprint density at radius 2 is 2.11 bits per heavy atom. The number of thiophene rings is 1. The predicted molar refractivity (Wildman–Crippen MR) is 77.7 cm³/mol. The summed E-state index contributed by atoms with van der Waals surface area (Å²) in [6.45, 7) is 2.65. The van der Waals surface area contributed by atoms with E-state index in [1.807, 2.05) is 31.2 Å². The van der Waals surface area contributed by atoms with Crippen molar-refractivity contribution in [1.29, 1.82) is 0 Å². The maximum absolute atomic E-state index is 10.6. The molecule has 0 spiro atoms. The van der Waals surface area contributed by atoms with Crippen molar-refractivity contribution in [3.63, 3.8) is 0 Å². The highest BCUT2D eigenvalue weighted by atomic mass is 35.5. The predicted octanol–water partition coefficient (Wildman–Crippen LogP) is 4.16. The highest BCUT2D eigenvalue weighted by Gasteiger charge is 2.10. The number of hydrogen-bond donors (Lipinski definition) is 1. The lowest BCUT2D eigenvalue weighted by Gasteiger charge is -2.13. The molecule has 0 unspecified atom stereocenters. The summed E-state index contributed by atoms with van der Waals surface area (Å²) in [5.74, 6) is 0. The molecule has 1 aromatic heterocycles. The third-order valence-electron chi connectivity index (χ3n) is 2.80. The fraction of sp³-hybridized carbons (Fsp3) is 0.231. The maximum Gasteiger partial charge on any atom is 0.324 e. The van der Waals surface area contributed by atoms with Crippen molar-refractivity contribution in [3.8, 4) is 0 Å². The summed E-state index contributed by atoms with van der Waals surface area (Å²) >= 11 is 6.99. The topological polar surface area (TPSA) is 55.2 Å². The van der Waals surface area contributed by atoms with Crippen LogP contribution in [0, 0.1) is 10.1 Å². The molecular formula is C13H13ClN2O2S. The summed E-state index contributed by atoms with van der Waals surface area (Å²) in [6, 6.07) is 9.41. The molecular weight excluding hydrogens is 284 g/mol. The van der Waals surface area contributed by atoms with E-state index in [1.54, 1.807) is 11.4 Å². The van der Waals surface area contributed by atoms with E-state index < -0.39 is 0 Å². The minimum atomic E-state index is -0.364. The monoisotopic (exact) mass is 296 g/mol. The Labute approximate surface area is 120 Å². The van der Waals surface area contributed by atoms with E-state index in [2.05, 4.69) is 5.32 Å². The van der Waals surface area contributed by atoms with Gasteiger partial charge in [-0.15, -0.1) is 0 Å². The van der Waals surface area contributed by atoms with Gasteiger partial charge in [0.05, 0.1) is 4.92 Å². The van der Waals surface area contributed by atoms with Gasteiger partial charge in [0.1, 0.15) is 0 Å². The molecule has 0 bridgehead atoms. The molecule has 4 nitrogen and oxygen atoms in total. The Hall–Kier alpha value is -1.43. The maximum atomic E-state index is 10.6. The van der Waals surface area contributed by atoms with Crippen molar-refractivity contribution in [2.24, 2.45) is 0 Å². The molecule has 1 atom stereocenters. The first-order valence-electron chi connectivity index (χ1n) is 5.77. The summed E-state index contributed by atoms with van der Waals surface area (Å²) < 4.78 is 0. The van der Waals surface area contributed by atoms with E-state index in [-0.39, 0.29) is 16.0 Å². The lowest BCUT2D eigenvalue weighted by atomic mass is 10.1. The van der Waals surface area contributed by atoms with Crippen LogP contribution in [0.3, 0.4) is 0 Å². The van der Waals surface area contributed by atoms with Crippen LogP contribution in [0.5, 0.6) is 0 Å². The number of hydrogen-bond acceptors (Lipinski definition) is 4. The second-order valence-electron chi connectivity index (χ2n) is 4.20. The molecule has 19 heavy (non-hydrogen) atoms. The van der Waals surface area contributed by atoms with Gasteiger partial charge in [-0.3, -0.25) is 10.1 Å². The van der Waals surface area contributed by atoms with Crippen LogP contribution in [-0.2, 0) is 6.54 Å². The third kappa shape index (κ3) is 3.76. The summed E-state index contributed by atoms with van der Waals surface area (Å²) in [5, 5.41) is 16.6. The molecule has 100 valence electrons. The lowest BCUT2D eigenvalue weighted by molar-refractivity contribution is -0.380. The molecule has 1 heterocycles. The molecule has 0 saturated heterocycles. The van der Waals surface area contributed by atoms with E-state index in [0.29, 0.717) is 11.6 Å². The third-order valence-corrected chi connectivity index (χ3v) is 3.98. The van der Waals surface area contributed by atoms with Crippen LogP contribution < -0.4 is 5.32 Å². The van der Waals surface area contributed by atoms with Crippen LogP contribution in [-0.4, -0.2) is 4.92 Å². The minimum Gasteiger partial charge on any atom is -0.306 e. The van der Waals surface area contributed by atoms with Crippen molar-refractivity contribution < 1.29 is 4.92 Å². The van der Waals surface area contributed by atoms with E-state index in [9.17, 15) is 10.1 Å². The average molecular weight is 297 g/mol. The molecule has 1 N–H and O–H groups in total. The number of nitro groups is 1.